The molecule has 0 spiro atoms. The Kier molecular flexibility index (Phi) is 12.9. The maximum Gasteiger partial charge on any atom is 0.279 e. The minimum absolute atomic E-state index is 0.146. The van der Waals surface area contributed by atoms with Crippen LogP contribution in [-0.4, -0.2) is 61.5 Å². The molecule has 2 aromatic rings. The number of unbranched alkanes of at least 4 members (excludes halogenated alkanes) is 4. The Morgan fingerprint density at radius 1 is 0.646 bits per heavy atom. The Bertz CT molecular complexity index is 1760. The van der Waals surface area contributed by atoms with Crippen LogP contribution in [0.4, 0.5) is 11.4 Å². The molecule has 0 heterocycles. The molecule has 0 aromatic heterocycles. The Balaban J connectivity index is 2.48. The Hall–Kier alpha value is -4.22. The normalized spacial score (nSPS) is 12.5. The second-order valence-electron chi connectivity index (χ2n) is 11.4. The molecule has 3 rings (SSSR count). The Morgan fingerprint density at radius 3 is 1.21 bits per heavy atom. The van der Waals surface area contributed by atoms with E-state index in [1.807, 2.05) is 27.7 Å². The summed E-state index contributed by atoms with van der Waals surface area (Å²) in [7, 11) is -8.71. The zero-order chi connectivity index (χ0) is 35.8. The van der Waals surface area contributed by atoms with Crippen LogP contribution in [0.5, 0.6) is 0 Å². The molecule has 48 heavy (non-hydrogen) atoms. The van der Waals surface area contributed by atoms with Crippen molar-refractivity contribution < 1.29 is 26.7 Å². The third kappa shape index (κ3) is 7.57. The number of benzene rings is 2. The van der Waals surface area contributed by atoms with Crippen molar-refractivity contribution in [2.45, 2.75) is 88.9 Å². The summed E-state index contributed by atoms with van der Waals surface area (Å²) in [5.41, 5.74) is -3.78. The largest absolute Gasteiger partial charge is 0.279 e. The van der Waals surface area contributed by atoms with E-state index in [-0.39, 0.29) is 54.0 Å². The van der Waals surface area contributed by atoms with Crippen molar-refractivity contribution in [1.29, 1.82) is 10.5 Å². The third-order valence-electron chi connectivity index (χ3n) is 8.16. The first-order chi connectivity index (χ1) is 22.8. The smallest absolute Gasteiger partial charge is 0.258 e. The van der Waals surface area contributed by atoms with Gasteiger partial charge in [0.05, 0.1) is 30.8 Å². The van der Waals surface area contributed by atoms with Gasteiger partial charge in [-0.1, -0.05) is 53.4 Å². The van der Waals surface area contributed by atoms with E-state index in [2.05, 4.69) is 0 Å². The van der Waals surface area contributed by atoms with Gasteiger partial charge < -0.3 is 0 Å². The molecule has 0 aliphatic heterocycles. The fraction of sp³-hybridized carbons (Fsp3) is 0.500. The van der Waals surface area contributed by atoms with Gasteiger partial charge in [-0.2, -0.15) is 19.1 Å². The first-order valence-electron chi connectivity index (χ1n) is 16.0. The number of fused-ring (bicyclic) bond motifs is 3. The molecule has 0 N–H and O–H groups in total. The molecular weight excluding hydrogens is 661 g/mol. The summed E-state index contributed by atoms with van der Waals surface area (Å²) in [6.07, 6.45) is 4.83. The maximum atomic E-state index is 14.0. The molecule has 2 aromatic carbocycles. The van der Waals surface area contributed by atoms with Gasteiger partial charge in [0, 0.05) is 55.0 Å². The minimum Gasteiger partial charge on any atom is -0.258 e. The standard InChI is InChI=1S/C32H40N6O8S2/c1-5-9-13-35(14-10-6-2)47(43,44)24-17-26-30(23(21-33)22-34)27-18-25(48(45,46)36(15-11-7-3)16-12-8-4)20-29(38(41)42)32(27)31(26)28(19-24)37(39)40/h17-20H,5-16H2,1-4H3. The average Bonchev–Trinajstić information content (AvgIpc) is 3.38. The highest BCUT2D eigenvalue weighted by Gasteiger charge is 2.42. The van der Waals surface area contributed by atoms with Crippen LogP contribution in [0.15, 0.2) is 39.6 Å². The molecule has 0 saturated heterocycles. The van der Waals surface area contributed by atoms with Gasteiger partial charge in [0.15, 0.2) is 0 Å². The first-order valence-corrected chi connectivity index (χ1v) is 18.8. The van der Waals surface area contributed by atoms with E-state index in [0.717, 1.165) is 24.3 Å². The maximum absolute atomic E-state index is 14.0. The van der Waals surface area contributed by atoms with Crippen molar-refractivity contribution in [3.05, 3.63) is 61.2 Å². The van der Waals surface area contributed by atoms with Gasteiger partial charge in [0.2, 0.25) is 20.0 Å². The minimum atomic E-state index is -4.36. The summed E-state index contributed by atoms with van der Waals surface area (Å²) < 4.78 is 58.4. The lowest BCUT2D eigenvalue weighted by molar-refractivity contribution is -0.386. The Labute approximate surface area is 281 Å². The predicted octanol–water partition coefficient (Wildman–Crippen LogP) is 6.51. The van der Waals surface area contributed by atoms with Gasteiger partial charge in [-0.3, -0.25) is 20.2 Å². The van der Waals surface area contributed by atoms with E-state index in [1.165, 1.54) is 8.61 Å². The zero-order valence-corrected chi connectivity index (χ0v) is 29.2. The molecule has 0 fully saturated rings. The van der Waals surface area contributed by atoms with E-state index >= 15 is 0 Å². The summed E-state index contributed by atoms with van der Waals surface area (Å²) >= 11 is 0. The highest BCUT2D eigenvalue weighted by atomic mass is 32.2. The van der Waals surface area contributed by atoms with E-state index in [0.29, 0.717) is 51.4 Å². The molecule has 1 aliphatic rings. The molecule has 14 nitrogen and oxygen atoms in total. The van der Waals surface area contributed by atoms with E-state index in [4.69, 9.17) is 0 Å². The number of sulfonamides is 2. The van der Waals surface area contributed by atoms with Crippen LogP contribution in [0.25, 0.3) is 16.7 Å². The molecule has 0 unspecified atom stereocenters. The molecule has 0 bridgehead atoms. The lowest BCUT2D eigenvalue weighted by Gasteiger charge is -2.22. The first kappa shape index (κ1) is 38.2. The van der Waals surface area contributed by atoms with Crippen molar-refractivity contribution in [2.24, 2.45) is 0 Å². The van der Waals surface area contributed by atoms with Gasteiger partial charge in [0.25, 0.3) is 11.4 Å². The summed E-state index contributed by atoms with van der Waals surface area (Å²) in [6, 6.07) is 7.23. The number of rotatable bonds is 18. The van der Waals surface area contributed by atoms with E-state index in [1.54, 1.807) is 12.1 Å². The highest BCUT2D eigenvalue weighted by Crippen LogP contribution is 2.54. The van der Waals surface area contributed by atoms with Gasteiger partial charge in [0.1, 0.15) is 17.7 Å². The van der Waals surface area contributed by atoms with Crippen molar-refractivity contribution in [2.75, 3.05) is 26.2 Å². The molecule has 0 saturated carbocycles. The molecule has 1 aliphatic carbocycles. The van der Waals surface area contributed by atoms with Crippen LogP contribution in [0.3, 0.4) is 0 Å². The van der Waals surface area contributed by atoms with Crippen molar-refractivity contribution >= 4 is 37.0 Å². The molecule has 0 atom stereocenters. The Morgan fingerprint density at radius 2 is 0.958 bits per heavy atom. The summed E-state index contributed by atoms with van der Waals surface area (Å²) in [5, 5.41) is 45.0. The van der Waals surface area contributed by atoms with E-state index < -0.39 is 56.6 Å². The number of hydrogen-bond acceptors (Lipinski definition) is 10. The van der Waals surface area contributed by atoms with Crippen LogP contribution in [0, 0.1) is 42.9 Å². The fourth-order valence-electron chi connectivity index (χ4n) is 5.60. The summed E-state index contributed by atoms with van der Waals surface area (Å²) in [5.74, 6) is 0. The SMILES string of the molecule is CCCCN(CCCC)S(=O)(=O)c1cc2c(c([N+](=O)[O-])c1)-c1c(cc(S(=O)(=O)N(CCCC)CCCC)cc1[N+](=O)[O-])C2=C(C#N)C#N. The number of nitro groups is 2. The van der Waals surface area contributed by atoms with Gasteiger partial charge in [-0.15, -0.1) is 0 Å². The second-order valence-corrected chi connectivity index (χ2v) is 15.3. The molecule has 0 amide bonds. The van der Waals surface area contributed by atoms with Crippen LogP contribution in [-0.2, 0) is 20.0 Å². The molecular formula is C32H40N6O8S2. The van der Waals surface area contributed by atoms with Gasteiger partial charge >= 0.3 is 0 Å². The molecule has 258 valence electrons. The number of hydrogen-bond donors (Lipinski definition) is 0. The molecule has 16 heteroatoms. The zero-order valence-electron chi connectivity index (χ0n) is 27.6. The van der Waals surface area contributed by atoms with E-state index in [9.17, 15) is 47.6 Å². The topological polar surface area (TPSA) is 209 Å². The van der Waals surface area contributed by atoms with Crippen LogP contribution in [0.1, 0.15) is 90.2 Å². The average molecular weight is 701 g/mol. The number of nitrogens with zero attached hydrogens (tertiary/aromatic N) is 6. The summed E-state index contributed by atoms with van der Waals surface area (Å²) in [4.78, 5) is 22.4. The van der Waals surface area contributed by atoms with Crippen LogP contribution >= 0.6 is 0 Å². The van der Waals surface area contributed by atoms with Gasteiger partial charge in [-0.25, -0.2) is 16.8 Å². The lowest BCUT2D eigenvalue weighted by atomic mass is 9.99. The molecule has 0 radical (unpaired) electrons. The number of nitro benzene ring substituents is 2. The summed E-state index contributed by atoms with van der Waals surface area (Å²) in [6.45, 7) is 8.14. The fourth-order valence-corrected chi connectivity index (χ4v) is 8.73. The highest BCUT2D eigenvalue weighted by molar-refractivity contribution is 7.89. The van der Waals surface area contributed by atoms with Crippen molar-refractivity contribution in [3.8, 4) is 23.3 Å². The second kappa shape index (κ2) is 16.3. The third-order valence-corrected chi connectivity index (χ3v) is 11.9. The number of allylic oxidation sites excluding steroid dienone is 1. The monoisotopic (exact) mass is 700 g/mol. The number of nitriles is 2. The predicted molar refractivity (Wildman–Crippen MR) is 180 cm³/mol. The lowest BCUT2D eigenvalue weighted by Crippen LogP contribution is -2.33. The quantitative estimate of drug-likeness (QED) is 0.0797. The van der Waals surface area contributed by atoms with Crippen LogP contribution < -0.4 is 0 Å². The van der Waals surface area contributed by atoms with Crippen LogP contribution in [0.2, 0.25) is 0 Å². The van der Waals surface area contributed by atoms with Crippen molar-refractivity contribution in [3.63, 3.8) is 0 Å². The van der Waals surface area contributed by atoms with Crippen molar-refractivity contribution in [1.82, 2.24) is 8.61 Å². The van der Waals surface area contributed by atoms with Gasteiger partial charge in [-0.05, 0) is 37.8 Å².